The first-order valence-corrected chi connectivity index (χ1v) is 5.79. The van der Waals surface area contributed by atoms with E-state index < -0.39 is 0 Å². The molecule has 0 bridgehead atoms. The summed E-state index contributed by atoms with van der Waals surface area (Å²) in [5.41, 5.74) is 0. The van der Waals surface area contributed by atoms with Gasteiger partial charge >= 0.3 is 0 Å². The molecule has 0 rings (SSSR count). The van der Waals surface area contributed by atoms with E-state index in [2.05, 4.69) is 25.7 Å². The van der Waals surface area contributed by atoms with Crippen molar-refractivity contribution in [3.8, 4) is 0 Å². The van der Waals surface area contributed by atoms with Gasteiger partial charge in [-0.15, -0.1) is 0 Å². The molecule has 0 aromatic rings. The van der Waals surface area contributed by atoms with Crippen LogP contribution in [0.2, 0.25) is 0 Å². The number of rotatable bonds is 10. The third kappa shape index (κ3) is 11.3. The topological polar surface area (TPSA) is 9.23 Å². The van der Waals surface area contributed by atoms with Crippen molar-refractivity contribution < 1.29 is 4.74 Å². The molecule has 82 valence electrons. The number of hydrogen-bond acceptors (Lipinski definition) is 1. The first-order chi connectivity index (χ1) is 6.91. The van der Waals surface area contributed by atoms with Gasteiger partial charge < -0.3 is 4.74 Å². The third-order valence-corrected chi connectivity index (χ3v) is 2.20. The molecule has 1 heteroatoms. The Morgan fingerprint density at radius 3 is 2.43 bits per heavy atom. The van der Waals surface area contributed by atoms with E-state index >= 15 is 0 Å². The van der Waals surface area contributed by atoms with Crippen molar-refractivity contribution in [1.29, 1.82) is 0 Å². The van der Waals surface area contributed by atoms with Crippen LogP contribution >= 0.6 is 0 Å². The quantitative estimate of drug-likeness (QED) is 0.285. The number of unbranched alkanes of at least 4 members (excludes halogenated alkanes) is 6. The zero-order chi connectivity index (χ0) is 10.5. The highest BCUT2D eigenvalue weighted by atomic mass is 16.5. The largest absolute Gasteiger partial charge is 0.498 e. The van der Waals surface area contributed by atoms with Crippen molar-refractivity contribution in [3.63, 3.8) is 0 Å². The van der Waals surface area contributed by atoms with Gasteiger partial charge in [-0.3, -0.25) is 0 Å². The molecule has 0 aliphatic carbocycles. The van der Waals surface area contributed by atoms with Crippen molar-refractivity contribution >= 4 is 0 Å². The summed E-state index contributed by atoms with van der Waals surface area (Å²) in [4.78, 5) is 0. The van der Waals surface area contributed by atoms with Gasteiger partial charge in [-0.1, -0.05) is 57.8 Å². The summed E-state index contributed by atoms with van der Waals surface area (Å²) in [6.45, 7) is 6.40. The number of allylic oxidation sites excluding steroid dienone is 1. The predicted octanol–water partition coefficient (Wildman–Crippen LogP) is 4.45. The van der Waals surface area contributed by atoms with Gasteiger partial charge in [0.25, 0.3) is 0 Å². The normalized spacial score (nSPS) is 10.6. The summed E-state index contributed by atoms with van der Waals surface area (Å²) >= 11 is 0. The highest BCUT2D eigenvalue weighted by Gasteiger charge is 1.87. The van der Waals surface area contributed by atoms with Crippen LogP contribution in [0.3, 0.4) is 0 Å². The van der Waals surface area contributed by atoms with Crippen LogP contribution in [0.1, 0.15) is 51.9 Å². The van der Waals surface area contributed by atoms with Crippen molar-refractivity contribution in [2.45, 2.75) is 51.9 Å². The molecular formula is C13H24O. The van der Waals surface area contributed by atoms with Crippen LogP contribution in [0.25, 0.3) is 0 Å². The summed E-state index contributed by atoms with van der Waals surface area (Å²) in [7, 11) is 0. The molecule has 0 saturated heterocycles. The molecular weight excluding hydrogens is 172 g/mol. The number of hydrogen-bond donors (Lipinski definition) is 0. The van der Waals surface area contributed by atoms with E-state index in [-0.39, 0.29) is 0 Å². The fourth-order valence-corrected chi connectivity index (χ4v) is 1.35. The standard InChI is InChI=1S/C13H24O/c1-3-5-6-7-8-9-10-11-12-13-14-4-2/h4,11-12H,2-3,5-10,13H2,1H3/b12-11+. The molecule has 0 atom stereocenters. The Balaban J connectivity index is 2.97. The third-order valence-electron chi connectivity index (χ3n) is 2.20. The Labute approximate surface area is 88.9 Å². The van der Waals surface area contributed by atoms with Gasteiger partial charge in [0.15, 0.2) is 0 Å². The average Bonchev–Trinajstić information content (AvgIpc) is 2.21. The smallest absolute Gasteiger partial charge is 0.105 e. The lowest BCUT2D eigenvalue weighted by atomic mass is 10.1. The molecule has 0 spiro atoms. The zero-order valence-electron chi connectivity index (χ0n) is 9.50. The maximum Gasteiger partial charge on any atom is 0.105 e. The second-order valence-corrected chi connectivity index (χ2v) is 3.53. The first-order valence-electron chi connectivity index (χ1n) is 5.79. The fourth-order valence-electron chi connectivity index (χ4n) is 1.35. The lowest BCUT2D eigenvalue weighted by Crippen LogP contribution is -1.80. The highest BCUT2D eigenvalue weighted by Crippen LogP contribution is 2.06. The Kier molecular flexibility index (Phi) is 11.6. The monoisotopic (exact) mass is 196 g/mol. The van der Waals surface area contributed by atoms with E-state index in [1.165, 1.54) is 51.2 Å². The molecule has 0 saturated carbocycles. The maximum absolute atomic E-state index is 4.97. The van der Waals surface area contributed by atoms with Gasteiger partial charge in [-0.05, 0) is 12.8 Å². The van der Waals surface area contributed by atoms with Crippen LogP contribution in [-0.2, 0) is 4.74 Å². The lowest BCUT2D eigenvalue weighted by Gasteiger charge is -1.97. The van der Waals surface area contributed by atoms with Crippen LogP contribution in [0.5, 0.6) is 0 Å². The van der Waals surface area contributed by atoms with Crippen LogP contribution in [0.15, 0.2) is 25.0 Å². The van der Waals surface area contributed by atoms with E-state index in [1.54, 1.807) is 0 Å². The summed E-state index contributed by atoms with van der Waals surface area (Å²) in [6, 6.07) is 0. The van der Waals surface area contributed by atoms with E-state index in [0.717, 1.165) is 0 Å². The Bertz CT molecular complexity index is 138. The van der Waals surface area contributed by atoms with Gasteiger partial charge in [0.1, 0.15) is 6.61 Å². The van der Waals surface area contributed by atoms with Gasteiger partial charge in [0, 0.05) is 0 Å². The van der Waals surface area contributed by atoms with Crippen LogP contribution in [-0.4, -0.2) is 6.61 Å². The molecule has 0 aromatic heterocycles. The molecule has 0 fully saturated rings. The Morgan fingerprint density at radius 2 is 1.71 bits per heavy atom. The molecule has 0 N–H and O–H groups in total. The van der Waals surface area contributed by atoms with Crippen molar-refractivity contribution in [1.82, 2.24) is 0 Å². The van der Waals surface area contributed by atoms with E-state index in [9.17, 15) is 0 Å². The molecule has 0 aliphatic rings. The minimum atomic E-state index is 0.666. The molecule has 0 radical (unpaired) electrons. The number of ether oxygens (including phenoxy) is 1. The van der Waals surface area contributed by atoms with Crippen LogP contribution in [0.4, 0.5) is 0 Å². The fraction of sp³-hybridized carbons (Fsp3) is 0.692. The second kappa shape index (κ2) is 12.3. The summed E-state index contributed by atoms with van der Waals surface area (Å²) in [6.07, 6.45) is 15.1. The maximum atomic E-state index is 4.97. The SMILES string of the molecule is C=COC/C=C/CCCCCCCC. The molecule has 0 aromatic carbocycles. The Morgan fingerprint density at radius 1 is 1.00 bits per heavy atom. The summed E-state index contributed by atoms with van der Waals surface area (Å²) < 4.78 is 4.97. The molecule has 0 heterocycles. The zero-order valence-corrected chi connectivity index (χ0v) is 9.50. The predicted molar refractivity (Wildman–Crippen MR) is 63.3 cm³/mol. The van der Waals surface area contributed by atoms with Crippen molar-refractivity contribution in [2.75, 3.05) is 6.61 Å². The van der Waals surface area contributed by atoms with Crippen molar-refractivity contribution in [3.05, 3.63) is 25.0 Å². The summed E-state index contributed by atoms with van der Waals surface area (Å²) in [5, 5.41) is 0. The van der Waals surface area contributed by atoms with Gasteiger partial charge in [-0.2, -0.15) is 0 Å². The van der Waals surface area contributed by atoms with Gasteiger partial charge in [0.05, 0.1) is 6.26 Å². The van der Waals surface area contributed by atoms with Crippen LogP contribution < -0.4 is 0 Å². The summed E-state index contributed by atoms with van der Waals surface area (Å²) in [5.74, 6) is 0. The molecule has 0 amide bonds. The van der Waals surface area contributed by atoms with E-state index in [4.69, 9.17) is 4.74 Å². The minimum absolute atomic E-state index is 0.666. The molecule has 1 nitrogen and oxygen atoms in total. The minimum Gasteiger partial charge on any atom is -0.498 e. The molecule has 0 aliphatic heterocycles. The van der Waals surface area contributed by atoms with E-state index in [0.29, 0.717) is 6.61 Å². The average molecular weight is 196 g/mol. The molecule has 0 unspecified atom stereocenters. The lowest BCUT2D eigenvalue weighted by molar-refractivity contribution is 0.291. The Hall–Kier alpha value is -0.720. The molecule has 14 heavy (non-hydrogen) atoms. The van der Waals surface area contributed by atoms with E-state index in [1.807, 2.05) is 0 Å². The van der Waals surface area contributed by atoms with Gasteiger partial charge in [-0.25, -0.2) is 0 Å². The highest BCUT2D eigenvalue weighted by molar-refractivity contribution is 4.81. The second-order valence-electron chi connectivity index (χ2n) is 3.53. The first kappa shape index (κ1) is 13.3. The van der Waals surface area contributed by atoms with Gasteiger partial charge in [0.2, 0.25) is 0 Å². The van der Waals surface area contributed by atoms with Crippen LogP contribution in [0, 0.1) is 0 Å². The van der Waals surface area contributed by atoms with Crippen molar-refractivity contribution in [2.24, 2.45) is 0 Å².